The molecular formula is C38H57ClN4O5. The summed E-state index contributed by atoms with van der Waals surface area (Å²) in [6, 6.07) is 3.93. The minimum atomic E-state index is -0.753. The Labute approximate surface area is 292 Å². The third-order valence-electron chi connectivity index (χ3n) is 10.1. The fraction of sp³-hybridized carbons (Fsp3) is 0.737. The van der Waals surface area contributed by atoms with Crippen LogP contribution in [0.4, 0.5) is 9.59 Å². The molecule has 0 aliphatic heterocycles. The number of pyridine rings is 1. The minimum Gasteiger partial charge on any atom is -0.443 e. The number of imide groups is 1. The second-order valence-electron chi connectivity index (χ2n) is 18.9. The number of ether oxygens (including phenoxy) is 3. The lowest BCUT2D eigenvalue weighted by atomic mass is 9.39. The molecule has 2 aromatic heterocycles. The summed E-state index contributed by atoms with van der Waals surface area (Å²) in [6.45, 7) is 25.2. The van der Waals surface area contributed by atoms with Crippen LogP contribution < -0.4 is 0 Å². The van der Waals surface area contributed by atoms with Crippen LogP contribution in [0.15, 0.2) is 18.3 Å². The molecule has 0 saturated heterocycles. The molecule has 2 atom stereocenters. The quantitative estimate of drug-likeness (QED) is 0.268. The summed E-state index contributed by atoms with van der Waals surface area (Å²) in [5.74, 6) is 0. The van der Waals surface area contributed by atoms with E-state index < -0.39 is 23.4 Å². The molecule has 0 aromatic carbocycles. The Balaban J connectivity index is 1.39. The molecule has 4 aliphatic carbocycles. The Hall–Kier alpha value is -2.65. The number of rotatable bonds is 7. The molecule has 0 N–H and O–H groups in total. The van der Waals surface area contributed by atoms with Gasteiger partial charge in [0.2, 0.25) is 0 Å². The molecule has 4 saturated carbocycles. The molecule has 266 valence electrons. The van der Waals surface area contributed by atoms with E-state index in [1.807, 2.05) is 12.3 Å². The van der Waals surface area contributed by atoms with Crippen molar-refractivity contribution < 1.29 is 23.8 Å². The van der Waals surface area contributed by atoms with Crippen LogP contribution in [-0.2, 0) is 26.2 Å². The Kier molecular flexibility index (Phi) is 9.15. The highest BCUT2D eigenvalue weighted by molar-refractivity contribution is 6.29. The zero-order chi connectivity index (χ0) is 35.7. The van der Waals surface area contributed by atoms with Crippen molar-refractivity contribution in [3.63, 3.8) is 0 Å². The summed E-state index contributed by atoms with van der Waals surface area (Å²) in [4.78, 5) is 32.1. The van der Waals surface area contributed by atoms with Gasteiger partial charge in [0.25, 0.3) is 0 Å². The van der Waals surface area contributed by atoms with Crippen LogP contribution in [0.3, 0.4) is 0 Å². The number of carbonyl (C=O) groups is 2. The zero-order valence-electron chi connectivity index (χ0n) is 31.3. The summed E-state index contributed by atoms with van der Waals surface area (Å²) < 4.78 is 20.2. The van der Waals surface area contributed by atoms with Gasteiger partial charge in [-0.2, -0.15) is 5.10 Å². The van der Waals surface area contributed by atoms with Crippen molar-refractivity contribution in [2.45, 2.75) is 150 Å². The van der Waals surface area contributed by atoms with Crippen LogP contribution in [0.25, 0.3) is 11.1 Å². The zero-order valence-corrected chi connectivity index (χ0v) is 32.1. The van der Waals surface area contributed by atoms with Crippen LogP contribution in [-0.4, -0.2) is 61.8 Å². The van der Waals surface area contributed by atoms with Crippen molar-refractivity contribution in [2.24, 2.45) is 16.2 Å². The van der Waals surface area contributed by atoms with E-state index in [9.17, 15) is 9.59 Å². The van der Waals surface area contributed by atoms with Crippen LogP contribution >= 0.6 is 11.6 Å². The monoisotopic (exact) mass is 684 g/mol. The van der Waals surface area contributed by atoms with Crippen LogP contribution in [0, 0.1) is 23.2 Å². The number of hydrogen-bond acceptors (Lipinski definition) is 7. The third kappa shape index (κ3) is 7.88. The highest BCUT2D eigenvalue weighted by atomic mass is 35.5. The lowest BCUT2D eigenvalue weighted by Crippen LogP contribution is -2.64. The standard InChI is InChI=1S/C38H57ClN4O5/c1-25-27(26-13-14-28(39)41-29(26)32(2,3)4)17-40-43(25)24-37-19-35(11)18-36(12,20-37)22-38(21-35,23-37)46-16-15-42(30(44)47-33(5,6)7)31(45)48-34(8,9)10/h13-14,17H,15-16,18-24H2,1-12H3. The minimum absolute atomic E-state index is 0.00736. The van der Waals surface area contributed by atoms with Crippen molar-refractivity contribution in [3.05, 3.63) is 34.9 Å². The van der Waals surface area contributed by atoms with Gasteiger partial charge in [0, 0.05) is 28.8 Å². The first-order valence-corrected chi connectivity index (χ1v) is 17.8. The Bertz CT molecular complexity index is 1520. The normalized spacial score (nSPS) is 28.4. The van der Waals surface area contributed by atoms with Crippen LogP contribution in [0.5, 0.6) is 0 Å². The Morgan fingerprint density at radius 2 is 1.42 bits per heavy atom. The molecule has 4 aliphatic rings. The smallest absolute Gasteiger partial charge is 0.419 e. The van der Waals surface area contributed by atoms with Crippen molar-refractivity contribution in [1.29, 1.82) is 0 Å². The molecule has 0 spiro atoms. The lowest BCUT2D eigenvalue weighted by molar-refractivity contribution is -0.248. The highest BCUT2D eigenvalue weighted by Crippen LogP contribution is 2.72. The van der Waals surface area contributed by atoms with E-state index in [1.54, 1.807) is 41.5 Å². The summed E-state index contributed by atoms with van der Waals surface area (Å²) >= 11 is 6.34. The molecule has 2 heterocycles. The number of amides is 2. The van der Waals surface area contributed by atoms with E-state index >= 15 is 0 Å². The SMILES string of the molecule is Cc1c(-c2ccc(Cl)nc2C(C)(C)C)cnn1CC12CC3(C)CC(C)(C1)CC(OCCN(C(=O)OC(C)(C)C)C(=O)OC(C)(C)C)(C3)C2. The van der Waals surface area contributed by atoms with E-state index in [0.29, 0.717) is 5.15 Å². The average molecular weight is 685 g/mol. The first-order chi connectivity index (χ1) is 21.8. The number of nitrogens with zero attached hydrogens (tertiary/aromatic N) is 4. The average Bonchev–Trinajstić information content (AvgIpc) is 3.20. The molecule has 2 unspecified atom stereocenters. The number of hydrogen-bond donors (Lipinski definition) is 0. The third-order valence-corrected chi connectivity index (χ3v) is 10.3. The van der Waals surface area contributed by atoms with E-state index in [1.165, 1.54) is 6.42 Å². The molecule has 6 rings (SSSR count). The predicted octanol–water partition coefficient (Wildman–Crippen LogP) is 9.51. The van der Waals surface area contributed by atoms with E-state index in [0.717, 1.165) is 66.1 Å². The summed E-state index contributed by atoms with van der Waals surface area (Å²) in [7, 11) is 0. The summed E-state index contributed by atoms with van der Waals surface area (Å²) in [5, 5.41) is 5.46. The van der Waals surface area contributed by atoms with Gasteiger partial charge in [-0.25, -0.2) is 19.5 Å². The second-order valence-corrected chi connectivity index (χ2v) is 19.3. The van der Waals surface area contributed by atoms with Gasteiger partial charge in [0.05, 0.1) is 30.6 Å². The topological polar surface area (TPSA) is 95.8 Å². The van der Waals surface area contributed by atoms with Gasteiger partial charge < -0.3 is 14.2 Å². The molecule has 4 fully saturated rings. The fourth-order valence-corrected chi connectivity index (χ4v) is 9.96. The van der Waals surface area contributed by atoms with Crippen LogP contribution in [0.1, 0.15) is 126 Å². The summed E-state index contributed by atoms with van der Waals surface area (Å²) in [5.41, 5.74) is 2.47. The Morgan fingerprint density at radius 1 is 0.854 bits per heavy atom. The van der Waals surface area contributed by atoms with Gasteiger partial charge in [-0.1, -0.05) is 46.2 Å². The highest BCUT2D eigenvalue weighted by Gasteiger charge is 2.66. The fourth-order valence-electron chi connectivity index (χ4n) is 9.81. The molecule has 4 bridgehead atoms. The molecule has 48 heavy (non-hydrogen) atoms. The Morgan fingerprint density at radius 3 is 1.94 bits per heavy atom. The van der Waals surface area contributed by atoms with Gasteiger partial charge in [-0.05, 0) is 115 Å². The number of halogens is 1. The molecule has 2 amide bonds. The van der Waals surface area contributed by atoms with Crippen LogP contribution in [0.2, 0.25) is 5.15 Å². The van der Waals surface area contributed by atoms with E-state index in [-0.39, 0.29) is 40.4 Å². The molecular weight excluding hydrogens is 628 g/mol. The van der Waals surface area contributed by atoms with E-state index in [2.05, 4.69) is 52.3 Å². The molecule has 0 radical (unpaired) electrons. The lowest BCUT2D eigenvalue weighted by Gasteiger charge is -2.69. The van der Waals surface area contributed by atoms with Gasteiger partial charge >= 0.3 is 12.2 Å². The van der Waals surface area contributed by atoms with Crippen molar-refractivity contribution in [3.8, 4) is 11.1 Å². The maximum atomic E-state index is 13.2. The second kappa shape index (κ2) is 12.0. The molecule has 9 nitrogen and oxygen atoms in total. The first-order valence-electron chi connectivity index (χ1n) is 17.4. The summed E-state index contributed by atoms with van der Waals surface area (Å²) in [6.07, 6.45) is 6.77. The van der Waals surface area contributed by atoms with Gasteiger partial charge in [0.1, 0.15) is 16.4 Å². The van der Waals surface area contributed by atoms with Crippen molar-refractivity contribution in [1.82, 2.24) is 19.7 Å². The van der Waals surface area contributed by atoms with Gasteiger partial charge in [-0.3, -0.25) is 4.68 Å². The number of carbonyl (C=O) groups excluding carboxylic acids is 2. The molecule has 2 aromatic rings. The largest absolute Gasteiger partial charge is 0.443 e. The first kappa shape index (κ1) is 36.6. The van der Waals surface area contributed by atoms with Gasteiger partial charge in [-0.15, -0.1) is 0 Å². The van der Waals surface area contributed by atoms with Crippen molar-refractivity contribution >= 4 is 23.8 Å². The van der Waals surface area contributed by atoms with E-state index in [4.69, 9.17) is 35.9 Å². The maximum absolute atomic E-state index is 13.2. The van der Waals surface area contributed by atoms with Crippen molar-refractivity contribution in [2.75, 3.05) is 13.2 Å². The van der Waals surface area contributed by atoms with Gasteiger partial charge in [0.15, 0.2) is 0 Å². The molecule has 10 heteroatoms. The number of aromatic nitrogens is 3. The maximum Gasteiger partial charge on any atom is 0.419 e. The predicted molar refractivity (Wildman–Crippen MR) is 188 cm³/mol.